The molecule has 3 heteroatoms. The second kappa shape index (κ2) is 5.31. The highest BCUT2D eigenvalue weighted by molar-refractivity contribution is 7.92. The van der Waals surface area contributed by atoms with Crippen LogP contribution in [0, 0.1) is 6.07 Å². The maximum atomic E-state index is 12.1. The summed E-state index contributed by atoms with van der Waals surface area (Å²) in [6.07, 6.45) is 2.28. The van der Waals surface area contributed by atoms with E-state index in [0.717, 1.165) is 12.8 Å². The van der Waals surface area contributed by atoms with Gasteiger partial charge in [0.15, 0.2) is 9.84 Å². The van der Waals surface area contributed by atoms with Gasteiger partial charge in [-0.3, -0.25) is 0 Å². The number of sulfone groups is 1. The van der Waals surface area contributed by atoms with Crippen molar-refractivity contribution in [3.63, 3.8) is 0 Å². The van der Waals surface area contributed by atoms with Gasteiger partial charge in [0.1, 0.15) is 0 Å². The molecule has 0 aromatic heterocycles. The second-order valence-corrected chi connectivity index (χ2v) is 5.79. The molecule has 0 aliphatic heterocycles. The Labute approximate surface area is 92.2 Å². The van der Waals surface area contributed by atoms with E-state index in [9.17, 15) is 8.42 Å². The van der Waals surface area contributed by atoms with Crippen molar-refractivity contribution >= 4 is 9.84 Å². The average Bonchev–Trinajstić information content (AvgIpc) is 2.27. The van der Waals surface area contributed by atoms with E-state index in [4.69, 9.17) is 0 Å². The zero-order valence-electron chi connectivity index (χ0n) is 9.23. The van der Waals surface area contributed by atoms with Crippen LogP contribution in [0.5, 0.6) is 0 Å². The minimum atomic E-state index is -3.17. The highest BCUT2D eigenvalue weighted by Gasteiger charge is 2.24. The molecular formula is C12H17O2S. The second-order valence-electron chi connectivity index (χ2n) is 3.59. The third kappa shape index (κ3) is 2.81. The molecule has 1 aromatic rings. The van der Waals surface area contributed by atoms with E-state index in [-0.39, 0.29) is 5.25 Å². The molecule has 0 fully saturated rings. The number of rotatable bonds is 5. The van der Waals surface area contributed by atoms with Gasteiger partial charge >= 0.3 is 0 Å². The van der Waals surface area contributed by atoms with Crippen LogP contribution in [0.25, 0.3) is 0 Å². The molecule has 15 heavy (non-hydrogen) atoms. The van der Waals surface area contributed by atoms with E-state index in [1.54, 1.807) is 24.3 Å². The van der Waals surface area contributed by atoms with Crippen molar-refractivity contribution in [2.45, 2.75) is 43.3 Å². The van der Waals surface area contributed by atoms with Crippen molar-refractivity contribution in [2.75, 3.05) is 0 Å². The van der Waals surface area contributed by atoms with Crippen molar-refractivity contribution in [3.8, 4) is 0 Å². The highest BCUT2D eigenvalue weighted by atomic mass is 32.2. The zero-order valence-corrected chi connectivity index (χ0v) is 10.0. The fourth-order valence-corrected chi connectivity index (χ4v) is 3.48. The van der Waals surface area contributed by atoms with Crippen molar-refractivity contribution in [3.05, 3.63) is 30.3 Å². The first-order chi connectivity index (χ1) is 7.12. The zero-order chi connectivity index (χ0) is 11.3. The maximum Gasteiger partial charge on any atom is 0.181 e. The lowest BCUT2D eigenvalue weighted by molar-refractivity contribution is 0.564. The Morgan fingerprint density at radius 3 is 2.53 bits per heavy atom. The summed E-state index contributed by atoms with van der Waals surface area (Å²) in [5.41, 5.74) is 0. The summed E-state index contributed by atoms with van der Waals surface area (Å²) in [5, 5.41) is -0.263. The molecule has 0 saturated carbocycles. The lowest BCUT2D eigenvalue weighted by Gasteiger charge is -2.14. The molecule has 1 aromatic carbocycles. The normalized spacial score (nSPS) is 13.7. The van der Waals surface area contributed by atoms with E-state index < -0.39 is 9.84 Å². The van der Waals surface area contributed by atoms with Crippen molar-refractivity contribution in [1.82, 2.24) is 0 Å². The van der Waals surface area contributed by atoms with Crippen LogP contribution in [-0.2, 0) is 9.84 Å². The van der Waals surface area contributed by atoms with Crippen molar-refractivity contribution in [2.24, 2.45) is 0 Å². The summed E-state index contributed by atoms with van der Waals surface area (Å²) in [7, 11) is -3.17. The van der Waals surface area contributed by atoms with Crippen LogP contribution >= 0.6 is 0 Å². The molecule has 0 aliphatic carbocycles. The number of hydrogen-bond donors (Lipinski definition) is 0. The van der Waals surface area contributed by atoms with Gasteiger partial charge in [0.05, 0.1) is 10.1 Å². The lowest BCUT2D eigenvalue weighted by atomic mass is 10.2. The Kier molecular flexibility index (Phi) is 4.33. The first-order valence-electron chi connectivity index (χ1n) is 5.33. The van der Waals surface area contributed by atoms with Crippen molar-refractivity contribution in [1.29, 1.82) is 0 Å². The van der Waals surface area contributed by atoms with Crippen LogP contribution in [0.2, 0.25) is 0 Å². The SMILES string of the molecule is CCCC(CC)S(=O)(=O)c1[c]cccc1. The summed E-state index contributed by atoms with van der Waals surface area (Å²) >= 11 is 0. The van der Waals surface area contributed by atoms with Crippen LogP contribution in [0.1, 0.15) is 33.1 Å². The van der Waals surface area contributed by atoms with Gasteiger partial charge in [-0.1, -0.05) is 38.5 Å². The van der Waals surface area contributed by atoms with Gasteiger partial charge in [0.25, 0.3) is 0 Å². The fraction of sp³-hybridized carbons (Fsp3) is 0.500. The van der Waals surface area contributed by atoms with Crippen LogP contribution < -0.4 is 0 Å². The summed E-state index contributed by atoms with van der Waals surface area (Å²) < 4.78 is 24.2. The quantitative estimate of drug-likeness (QED) is 0.772. The first kappa shape index (κ1) is 12.2. The molecule has 2 nitrogen and oxygen atoms in total. The summed E-state index contributed by atoms with van der Waals surface area (Å²) in [6, 6.07) is 9.57. The Morgan fingerprint density at radius 2 is 2.07 bits per heavy atom. The van der Waals surface area contributed by atoms with Gasteiger partial charge in [-0.2, -0.15) is 0 Å². The molecule has 0 heterocycles. The topological polar surface area (TPSA) is 34.1 Å². The molecule has 83 valence electrons. The van der Waals surface area contributed by atoms with Gasteiger partial charge < -0.3 is 0 Å². The van der Waals surface area contributed by atoms with Gasteiger partial charge in [-0.25, -0.2) is 8.42 Å². The first-order valence-corrected chi connectivity index (χ1v) is 6.88. The monoisotopic (exact) mass is 225 g/mol. The molecule has 0 bridgehead atoms. The summed E-state index contributed by atoms with van der Waals surface area (Å²) in [5.74, 6) is 0. The summed E-state index contributed by atoms with van der Waals surface area (Å²) in [6.45, 7) is 3.92. The predicted molar refractivity (Wildman–Crippen MR) is 61.5 cm³/mol. The molecule has 0 N–H and O–H groups in total. The maximum absolute atomic E-state index is 12.1. The molecular weight excluding hydrogens is 208 g/mol. The van der Waals surface area contributed by atoms with Crippen LogP contribution in [0.15, 0.2) is 29.2 Å². The third-order valence-electron chi connectivity index (χ3n) is 2.49. The average molecular weight is 225 g/mol. The van der Waals surface area contributed by atoms with E-state index in [0.29, 0.717) is 11.3 Å². The van der Waals surface area contributed by atoms with Crippen LogP contribution in [0.3, 0.4) is 0 Å². The number of benzene rings is 1. The van der Waals surface area contributed by atoms with Gasteiger partial charge in [-0.15, -0.1) is 0 Å². The predicted octanol–water partition coefficient (Wildman–Crippen LogP) is 2.84. The standard InChI is InChI=1S/C12H17O2S/c1-3-8-11(4-2)15(13,14)12-9-6-5-7-10-12/h5-7,9,11H,3-4,8H2,1-2H3. The molecule has 1 radical (unpaired) electrons. The molecule has 0 amide bonds. The van der Waals surface area contributed by atoms with Gasteiger partial charge in [0, 0.05) is 6.07 Å². The third-order valence-corrected chi connectivity index (χ3v) is 4.81. The Balaban J connectivity index is 3.01. The Hall–Kier alpha value is -0.830. The molecule has 0 aliphatic rings. The number of hydrogen-bond acceptors (Lipinski definition) is 2. The molecule has 1 unspecified atom stereocenters. The van der Waals surface area contributed by atoms with E-state index in [1.807, 2.05) is 13.8 Å². The van der Waals surface area contributed by atoms with Crippen LogP contribution in [0.4, 0.5) is 0 Å². The molecule has 1 rings (SSSR count). The smallest absolute Gasteiger partial charge is 0.181 e. The lowest BCUT2D eigenvalue weighted by Crippen LogP contribution is -2.20. The Bertz CT molecular complexity index is 381. The highest BCUT2D eigenvalue weighted by Crippen LogP contribution is 2.20. The molecule has 0 spiro atoms. The fourth-order valence-electron chi connectivity index (χ4n) is 1.63. The Morgan fingerprint density at radius 1 is 1.33 bits per heavy atom. The molecule has 1 atom stereocenters. The van der Waals surface area contributed by atoms with E-state index in [1.165, 1.54) is 0 Å². The molecule has 0 saturated heterocycles. The van der Waals surface area contributed by atoms with E-state index >= 15 is 0 Å². The minimum Gasteiger partial charge on any atom is -0.223 e. The van der Waals surface area contributed by atoms with E-state index in [2.05, 4.69) is 6.07 Å². The van der Waals surface area contributed by atoms with Gasteiger partial charge in [0.2, 0.25) is 0 Å². The van der Waals surface area contributed by atoms with Gasteiger partial charge in [-0.05, 0) is 18.9 Å². The van der Waals surface area contributed by atoms with Crippen molar-refractivity contribution < 1.29 is 8.42 Å². The minimum absolute atomic E-state index is 0.263. The summed E-state index contributed by atoms with van der Waals surface area (Å²) in [4.78, 5) is 0.324. The van der Waals surface area contributed by atoms with Crippen LogP contribution in [-0.4, -0.2) is 13.7 Å². The largest absolute Gasteiger partial charge is 0.223 e.